The molecule has 180 valence electrons. The number of carboxylic acids is 1. The third kappa shape index (κ3) is 3.60. The number of pyridine rings is 2. The van der Waals surface area contributed by atoms with Crippen molar-refractivity contribution in [1.29, 1.82) is 0 Å². The zero-order valence-electron chi connectivity index (χ0n) is 19.7. The number of H-pyrrole nitrogens is 1. The number of nitrogens with one attached hydrogen (secondary N) is 1. The normalized spacial score (nSPS) is 11.5. The van der Waals surface area contributed by atoms with Crippen molar-refractivity contribution < 1.29 is 14.7 Å². The standard InChI is InChI=1S/C30H20N2O5/c1-16(33)18-10-17(11-19(12-18)30(36)37)15-32-26-9-5-3-7-21(26)29(35)23-13-25-22(14-27(23)32)28(34)20-6-2-4-8-24(20)31-25/h2-14H,15H2,1H3,(H,31,34)(H,36,37). The number of aromatic nitrogens is 2. The molecular formula is C30H20N2O5. The maximum absolute atomic E-state index is 13.5. The predicted molar refractivity (Wildman–Crippen MR) is 144 cm³/mol. The second kappa shape index (κ2) is 8.27. The maximum Gasteiger partial charge on any atom is 0.335 e. The van der Waals surface area contributed by atoms with Crippen LogP contribution in [-0.4, -0.2) is 26.4 Å². The molecule has 0 saturated carbocycles. The molecule has 0 aliphatic rings. The van der Waals surface area contributed by atoms with Crippen LogP contribution in [0, 0.1) is 0 Å². The van der Waals surface area contributed by atoms with E-state index in [2.05, 4.69) is 4.98 Å². The van der Waals surface area contributed by atoms with Gasteiger partial charge < -0.3 is 14.7 Å². The maximum atomic E-state index is 13.5. The number of rotatable bonds is 4. The van der Waals surface area contributed by atoms with Crippen LogP contribution < -0.4 is 10.9 Å². The van der Waals surface area contributed by atoms with Gasteiger partial charge in [-0.2, -0.15) is 0 Å². The minimum absolute atomic E-state index is 0.00530. The van der Waals surface area contributed by atoms with E-state index >= 15 is 0 Å². The van der Waals surface area contributed by atoms with E-state index in [1.54, 1.807) is 42.5 Å². The number of benzene rings is 4. The molecule has 0 aliphatic heterocycles. The fraction of sp³-hybridized carbons (Fsp3) is 0.0667. The van der Waals surface area contributed by atoms with Gasteiger partial charge in [0.15, 0.2) is 16.6 Å². The summed E-state index contributed by atoms with van der Waals surface area (Å²) in [6.45, 7) is 1.58. The zero-order valence-corrected chi connectivity index (χ0v) is 19.7. The van der Waals surface area contributed by atoms with Gasteiger partial charge in [0.2, 0.25) is 0 Å². The molecule has 0 amide bonds. The van der Waals surface area contributed by atoms with Crippen molar-refractivity contribution in [2.75, 3.05) is 0 Å². The molecule has 6 aromatic rings. The summed E-state index contributed by atoms with van der Waals surface area (Å²) in [7, 11) is 0. The first-order valence-electron chi connectivity index (χ1n) is 11.7. The lowest BCUT2D eigenvalue weighted by Gasteiger charge is -2.17. The van der Waals surface area contributed by atoms with Crippen LogP contribution in [0.2, 0.25) is 0 Å². The summed E-state index contributed by atoms with van der Waals surface area (Å²) in [6.07, 6.45) is 0. The van der Waals surface area contributed by atoms with Gasteiger partial charge >= 0.3 is 5.97 Å². The highest BCUT2D eigenvalue weighted by Crippen LogP contribution is 2.26. The van der Waals surface area contributed by atoms with Crippen LogP contribution >= 0.6 is 0 Å². The Morgan fingerprint density at radius 2 is 1.41 bits per heavy atom. The Hall–Kier alpha value is -5.04. The average molecular weight is 488 g/mol. The number of carbonyl (C=O) groups is 2. The van der Waals surface area contributed by atoms with E-state index in [-0.39, 0.29) is 34.3 Å². The molecule has 7 heteroatoms. The van der Waals surface area contributed by atoms with Gasteiger partial charge in [0, 0.05) is 39.2 Å². The third-order valence-corrected chi connectivity index (χ3v) is 6.78. The molecular weight excluding hydrogens is 468 g/mol. The summed E-state index contributed by atoms with van der Waals surface area (Å²) < 4.78 is 1.89. The molecule has 0 aliphatic carbocycles. The van der Waals surface area contributed by atoms with Gasteiger partial charge in [0.25, 0.3) is 0 Å². The Morgan fingerprint density at radius 1 is 0.730 bits per heavy atom. The first kappa shape index (κ1) is 22.4. The number of Topliss-reactive ketones (excluding diaryl/α,β-unsaturated/α-hetero) is 1. The molecule has 0 radical (unpaired) electrons. The Labute approximate surface area is 209 Å². The molecule has 2 aromatic heterocycles. The first-order chi connectivity index (χ1) is 17.8. The molecule has 4 aromatic carbocycles. The Bertz CT molecular complexity index is 2040. The molecule has 2 heterocycles. The molecule has 0 bridgehead atoms. The Kier molecular flexibility index (Phi) is 5.01. The highest BCUT2D eigenvalue weighted by atomic mass is 16.4. The Balaban J connectivity index is 1.71. The van der Waals surface area contributed by atoms with Crippen molar-refractivity contribution in [3.63, 3.8) is 0 Å². The highest BCUT2D eigenvalue weighted by Gasteiger charge is 2.16. The van der Waals surface area contributed by atoms with Crippen LogP contribution in [0.25, 0.3) is 43.6 Å². The molecule has 6 rings (SSSR count). The van der Waals surface area contributed by atoms with Gasteiger partial charge in [0.1, 0.15) is 0 Å². The van der Waals surface area contributed by atoms with Gasteiger partial charge in [-0.3, -0.25) is 14.4 Å². The van der Waals surface area contributed by atoms with Crippen LogP contribution in [0.1, 0.15) is 33.2 Å². The number of ketones is 1. The largest absolute Gasteiger partial charge is 0.478 e. The summed E-state index contributed by atoms with van der Waals surface area (Å²) in [5.41, 5.74) is 3.00. The van der Waals surface area contributed by atoms with E-state index in [9.17, 15) is 24.3 Å². The molecule has 0 saturated heterocycles. The summed E-state index contributed by atoms with van der Waals surface area (Å²) in [6, 6.07) is 22.4. The molecule has 0 fully saturated rings. The molecule has 0 spiro atoms. The van der Waals surface area contributed by atoms with E-state index in [1.807, 2.05) is 28.8 Å². The monoisotopic (exact) mass is 488 g/mol. The van der Waals surface area contributed by atoms with Gasteiger partial charge in [-0.1, -0.05) is 24.3 Å². The number of hydrogen-bond donors (Lipinski definition) is 2. The number of hydrogen-bond acceptors (Lipinski definition) is 4. The number of aromatic amines is 1. The number of carboxylic acid groups (broad SMARTS) is 1. The van der Waals surface area contributed by atoms with Crippen molar-refractivity contribution >= 4 is 55.4 Å². The average Bonchev–Trinajstić information content (AvgIpc) is 2.90. The van der Waals surface area contributed by atoms with Crippen molar-refractivity contribution in [2.24, 2.45) is 0 Å². The third-order valence-electron chi connectivity index (χ3n) is 6.78. The Morgan fingerprint density at radius 3 is 2.16 bits per heavy atom. The van der Waals surface area contributed by atoms with Gasteiger partial charge in [-0.15, -0.1) is 0 Å². The van der Waals surface area contributed by atoms with Gasteiger partial charge in [-0.05, 0) is 67.1 Å². The van der Waals surface area contributed by atoms with E-state index in [0.717, 1.165) is 0 Å². The molecule has 0 atom stereocenters. The highest BCUT2D eigenvalue weighted by molar-refractivity contribution is 6.03. The quantitative estimate of drug-likeness (QED) is 0.265. The van der Waals surface area contributed by atoms with Crippen LogP contribution in [0.5, 0.6) is 0 Å². The summed E-state index contributed by atoms with van der Waals surface area (Å²) in [4.78, 5) is 54.0. The fourth-order valence-electron chi connectivity index (χ4n) is 5.00. The second-order valence-corrected chi connectivity index (χ2v) is 9.13. The molecule has 2 N–H and O–H groups in total. The number of carbonyl (C=O) groups excluding carboxylic acids is 1. The topological polar surface area (TPSA) is 109 Å². The van der Waals surface area contributed by atoms with Gasteiger partial charge in [0.05, 0.1) is 22.1 Å². The van der Waals surface area contributed by atoms with Crippen LogP contribution in [-0.2, 0) is 6.54 Å². The predicted octanol–water partition coefficient (Wildman–Crippen LogP) is 5.10. The first-order valence-corrected chi connectivity index (χ1v) is 11.7. The minimum atomic E-state index is -1.14. The van der Waals surface area contributed by atoms with E-state index in [0.29, 0.717) is 49.2 Å². The number of para-hydroxylation sites is 2. The summed E-state index contributed by atoms with van der Waals surface area (Å²) >= 11 is 0. The lowest BCUT2D eigenvalue weighted by Crippen LogP contribution is -2.14. The van der Waals surface area contributed by atoms with Crippen molar-refractivity contribution in [1.82, 2.24) is 9.55 Å². The van der Waals surface area contributed by atoms with E-state index < -0.39 is 5.97 Å². The summed E-state index contributed by atoms with van der Waals surface area (Å²) in [5.74, 6) is -1.38. The zero-order chi connectivity index (χ0) is 25.8. The number of fused-ring (bicyclic) bond motifs is 4. The molecule has 7 nitrogen and oxygen atoms in total. The second-order valence-electron chi connectivity index (χ2n) is 9.13. The van der Waals surface area contributed by atoms with Crippen molar-refractivity contribution in [2.45, 2.75) is 13.5 Å². The van der Waals surface area contributed by atoms with Crippen LogP contribution in [0.4, 0.5) is 0 Å². The van der Waals surface area contributed by atoms with Crippen molar-refractivity contribution in [3.05, 3.63) is 116 Å². The minimum Gasteiger partial charge on any atom is -0.478 e. The smallest absolute Gasteiger partial charge is 0.335 e. The molecule has 0 unspecified atom stereocenters. The fourth-order valence-corrected chi connectivity index (χ4v) is 5.00. The summed E-state index contributed by atoms with van der Waals surface area (Å²) in [5, 5.41) is 11.5. The lowest BCUT2D eigenvalue weighted by molar-refractivity contribution is 0.0696. The lowest BCUT2D eigenvalue weighted by atomic mass is 10.0. The molecule has 37 heavy (non-hydrogen) atoms. The van der Waals surface area contributed by atoms with Crippen LogP contribution in [0.3, 0.4) is 0 Å². The number of aromatic carboxylic acids is 1. The SMILES string of the molecule is CC(=O)c1cc(Cn2c3ccccc3c(=O)c3cc4[nH]c5ccccc5c(=O)c4cc32)cc(C(=O)O)c1. The van der Waals surface area contributed by atoms with Crippen molar-refractivity contribution in [3.8, 4) is 0 Å². The van der Waals surface area contributed by atoms with Gasteiger partial charge in [-0.25, -0.2) is 4.79 Å². The number of nitrogens with zero attached hydrogens (tertiary/aromatic N) is 1. The van der Waals surface area contributed by atoms with E-state index in [4.69, 9.17) is 0 Å². The van der Waals surface area contributed by atoms with Crippen LogP contribution in [0.15, 0.2) is 88.5 Å². The van der Waals surface area contributed by atoms with E-state index in [1.165, 1.54) is 19.1 Å².